The lowest BCUT2D eigenvalue weighted by atomic mass is 10.2. The molecule has 0 saturated heterocycles. The smallest absolute Gasteiger partial charge is 0.322 e. The van der Waals surface area contributed by atoms with E-state index in [2.05, 4.69) is 15.5 Å². The Bertz CT molecular complexity index is 595. The van der Waals surface area contributed by atoms with Crippen LogP contribution in [0.1, 0.15) is 25.7 Å². The van der Waals surface area contributed by atoms with Crippen molar-refractivity contribution in [1.82, 2.24) is 10.2 Å². The molecule has 0 aliphatic carbocycles. The summed E-state index contributed by atoms with van der Waals surface area (Å²) < 4.78 is 10.6. The van der Waals surface area contributed by atoms with E-state index in [4.69, 9.17) is 14.9 Å². The summed E-state index contributed by atoms with van der Waals surface area (Å²) in [5, 5.41) is 10.00. The van der Waals surface area contributed by atoms with Crippen LogP contribution in [0.25, 0.3) is 0 Å². The van der Waals surface area contributed by atoms with Gasteiger partial charge in [-0.3, -0.25) is 10.1 Å². The van der Waals surface area contributed by atoms with Crippen LogP contribution in [0, 0.1) is 0 Å². The third kappa shape index (κ3) is 3.71. The van der Waals surface area contributed by atoms with Crippen LogP contribution in [-0.4, -0.2) is 22.7 Å². The molecule has 106 valence electrons. The van der Waals surface area contributed by atoms with Crippen LogP contribution < -0.4 is 15.8 Å². The Balaban J connectivity index is 1.86. The van der Waals surface area contributed by atoms with Crippen molar-refractivity contribution in [2.75, 3.05) is 17.7 Å². The van der Waals surface area contributed by atoms with Gasteiger partial charge in [0.1, 0.15) is 5.75 Å². The maximum absolute atomic E-state index is 11.7. The van der Waals surface area contributed by atoms with Crippen LogP contribution in [-0.2, 0) is 4.79 Å². The molecule has 7 heteroatoms. The first-order chi connectivity index (χ1) is 9.54. The number of carbonyl (C=O) groups is 1. The third-order valence-corrected chi connectivity index (χ3v) is 2.41. The number of ether oxygens (including phenoxy) is 1. The van der Waals surface area contributed by atoms with E-state index in [9.17, 15) is 4.79 Å². The van der Waals surface area contributed by atoms with E-state index >= 15 is 0 Å². The van der Waals surface area contributed by atoms with Gasteiger partial charge in [0.2, 0.25) is 5.89 Å². The predicted molar refractivity (Wildman–Crippen MR) is 73.4 cm³/mol. The highest BCUT2D eigenvalue weighted by Gasteiger charge is 2.12. The standard InChI is InChI=1S/C13H16N4O3/c1-8(2)12-16-17-13(20-12)15-11(18)7-19-10-5-3-4-9(14)6-10/h3-6,8H,7,14H2,1-2H3,(H,15,17,18). The van der Waals surface area contributed by atoms with Gasteiger partial charge in [-0.05, 0) is 12.1 Å². The molecule has 0 saturated carbocycles. The zero-order valence-electron chi connectivity index (χ0n) is 11.3. The van der Waals surface area contributed by atoms with Gasteiger partial charge in [0, 0.05) is 17.7 Å². The molecule has 2 aromatic rings. The minimum atomic E-state index is -0.383. The zero-order chi connectivity index (χ0) is 14.5. The van der Waals surface area contributed by atoms with E-state index in [1.807, 2.05) is 13.8 Å². The first-order valence-electron chi connectivity index (χ1n) is 6.16. The molecule has 1 aromatic carbocycles. The summed E-state index contributed by atoms with van der Waals surface area (Å²) in [6.07, 6.45) is 0. The first kappa shape index (κ1) is 13.9. The maximum atomic E-state index is 11.7. The number of nitrogens with two attached hydrogens (primary N) is 1. The summed E-state index contributed by atoms with van der Waals surface area (Å²) in [6, 6.07) is 6.90. The zero-order valence-corrected chi connectivity index (χ0v) is 11.3. The molecule has 2 rings (SSSR count). The third-order valence-electron chi connectivity index (χ3n) is 2.41. The van der Waals surface area contributed by atoms with Gasteiger partial charge in [0.25, 0.3) is 5.91 Å². The van der Waals surface area contributed by atoms with Crippen LogP contribution in [0.5, 0.6) is 5.75 Å². The SMILES string of the molecule is CC(C)c1nnc(NC(=O)COc2cccc(N)c2)o1. The molecule has 1 aromatic heterocycles. The summed E-state index contributed by atoms with van der Waals surface area (Å²) in [5.74, 6) is 0.716. The molecule has 3 N–H and O–H groups in total. The number of hydrogen-bond donors (Lipinski definition) is 2. The van der Waals surface area contributed by atoms with Crippen molar-refractivity contribution < 1.29 is 13.9 Å². The second-order valence-electron chi connectivity index (χ2n) is 4.51. The second kappa shape index (κ2) is 6.05. The molecule has 0 bridgehead atoms. The quantitative estimate of drug-likeness (QED) is 0.807. The summed E-state index contributed by atoms with van der Waals surface area (Å²) in [7, 11) is 0. The van der Waals surface area contributed by atoms with Crippen molar-refractivity contribution in [3.05, 3.63) is 30.2 Å². The number of anilines is 2. The number of hydrogen-bond acceptors (Lipinski definition) is 6. The van der Waals surface area contributed by atoms with Crippen LogP contribution in [0.2, 0.25) is 0 Å². The average molecular weight is 276 g/mol. The number of carbonyl (C=O) groups excluding carboxylic acids is 1. The molecule has 0 unspecified atom stereocenters. The van der Waals surface area contributed by atoms with E-state index in [-0.39, 0.29) is 24.4 Å². The minimum Gasteiger partial charge on any atom is -0.484 e. The molecule has 0 fully saturated rings. The lowest BCUT2D eigenvalue weighted by Gasteiger charge is -2.05. The highest BCUT2D eigenvalue weighted by molar-refractivity contribution is 5.89. The molecule has 0 aliphatic heterocycles. The summed E-state index contributed by atoms with van der Waals surface area (Å²) >= 11 is 0. The van der Waals surface area contributed by atoms with Crippen LogP contribution >= 0.6 is 0 Å². The molecular weight excluding hydrogens is 260 g/mol. The fourth-order valence-electron chi connectivity index (χ4n) is 1.43. The van der Waals surface area contributed by atoms with Crippen LogP contribution in [0.15, 0.2) is 28.7 Å². The van der Waals surface area contributed by atoms with E-state index in [0.29, 0.717) is 17.3 Å². The van der Waals surface area contributed by atoms with Gasteiger partial charge in [-0.15, -0.1) is 5.10 Å². The fraction of sp³-hybridized carbons (Fsp3) is 0.308. The number of nitrogen functional groups attached to an aromatic ring is 1. The van der Waals surface area contributed by atoms with E-state index in [1.54, 1.807) is 24.3 Å². The number of amides is 1. The Morgan fingerprint density at radius 1 is 1.45 bits per heavy atom. The Kier molecular flexibility index (Phi) is 4.19. The monoisotopic (exact) mass is 276 g/mol. The highest BCUT2D eigenvalue weighted by atomic mass is 16.5. The molecule has 0 atom stereocenters. The summed E-state index contributed by atoms with van der Waals surface area (Å²) in [6.45, 7) is 3.67. The summed E-state index contributed by atoms with van der Waals surface area (Å²) in [5.41, 5.74) is 6.18. The Hall–Kier alpha value is -2.57. The largest absolute Gasteiger partial charge is 0.484 e. The molecule has 0 aliphatic rings. The normalized spacial score (nSPS) is 10.6. The van der Waals surface area contributed by atoms with Crippen molar-refractivity contribution >= 4 is 17.6 Å². The van der Waals surface area contributed by atoms with Crippen molar-refractivity contribution in [1.29, 1.82) is 0 Å². The van der Waals surface area contributed by atoms with Crippen LogP contribution in [0.3, 0.4) is 0 Å². The van der Waals surface area contributed by atoms with Crippen LogP contribution in [0.4, 0.5) is 11.7 Å². The Labute approximate surface area is 116 Å². The van der Waals surface area contributed by atoms with Gasteiger partial charge in [-0.25, -0.2) is 0 Å². The van der Waals surface area contributed by atoms with E-state index in [0.717, 1.165) is 0 Å². The number of aromatic nitrogens is 2. The molecule has 1 heterocycles. The second-order valence-corrected chi connectivity index (χ2v) is 4.51. The van der Waals surface area contributed by atoms with Crippen molar-refractivity contribution in [3.8, 4) is 5.75 Å². The molecule has 0 radical (unpaired) electrons. The molecule has 1 amide bonds. The average Bonchev–Trinajstić information content (AvgIpc) is 2.85. The number of nitrogens with one attached hydrogen (secondary N) is 1. The molecule has 0 spiro atoms. The number of rotatable bonds is 5. The van der Waals surface area contributed by atoms with Gasteiger partial charge in [-0.1, -0.05) is 25.0 Å². The Morgan fingerprint density at radius 2 is 2.25 bits per heavy atom. The van der Waals surface area contributed by atoms with E-state index < -0.39 is 0 Å². The first-order valence-corrected chi connectivity index (χ1v) is 6.16. The maximum Gasteiger partial charge on any atom is 0.322 e. The van der Waals surface area contributed by atoms with Crippen molar-refractivity contribution in [3.63, 3.8) is 0 Å². The molecular formula is C13H16N4O3. The van der Waals surface area contributed by atoms with Gasteiger partial charge in [0.05, 0.1) is 0 Å². The predicted octanol–water partition coefficient (Wildman–Crippen LogP) is 1.79. The van der Waals surface area contributed by atoms with Gasteiger partial charge < -0.3 is 14.9 Å². The van der Waals surface area contributed by atoms with Gasteiger partial charge in [0.15, 0.2) is 6.61 Å². The van der Waals surface area contributed by atoms with E-state index in [1.165, 1.54) is 0 Å². The van der Waals surface area contributed by atoms with Gasteiger partial charge >= 0.3 is 6.01 Å². The fourth-order valence-corrected chi connectivity index (χ4v) is 1.43. The van der Waals surface area contributed by atoms with Crippen molar-refractivity contribution in [2.45, 2.75) is 19.8 Å². The highest BCUT2D eigenvalue weighted by Crippen LogP contribution is 2.16. The topological polar surface area (TPSA) is 103 Å². The lowest BCUT2D eigenvalue weighted by Crippen LogP contribution is -2.20. The van der Waals surface area contributed by atoms with Crippen molar-refractivity contribution in [2.24, 2.45) is 0 Å². The Morgan fingerprint density at radius 3 is 2.90 bits per heavy atom. The van der Waals surface area contributed by atoms with Gasteiger partial charge in [-0.2, -0.15) is 0 Å². The molecule has 7 nitrogen and oxygen atoms in total. The lowest BCUT2D eigenvalue weighted by molar-refractivity contribution is -0.118. The molecule has 20 heavy (non-hydrogen) atoms. The minimum absolute atomic E-state index is 0.0647. The summed E-state index contributed by atoms with van der Waals surface area (Å²) in [4.78, 5) is 11.7. The number of nitrogens with zero attached hydrogens (tertiary/aromatic N) is 2. The number of benzene rings is 1.